The van der Waals surface area contributed by atoms with Gasteiger partial charge in [0.2, 0.25) is 0 Å². The number of carbonyl (C=O) groups is 2. The molecule has 0 aliphatic heterocycles. The van der Waals surface area contributed by atoms with Gasteiger partial charge in [-0.3, -0.25) is 0 Å². The second-order valence-corrected chi connectivity index (χ2v) is 4.58. The molecule has 0 saturated heterocycles. The molecule has 0 spiro atoms. The largest absolute Gasteiger partial charge is 0.478 e. The topological polar surface area (TPSA) is 89.9 Å². The van der Waals surface area contributed by atoms with E-state index in [9.17, 15) is 14.0 Å². The summed E-state index contributed by atoms with van der Waals surface area (Å²) in [5, 5.41) is 20.3. The highest BCUT2D eigenvalue weighted by molar-refractivity contribution is 5.93. The van der Waals surface area contributed by atoms with E-state index < -0.39 is 23.4 Å². The fourth-order valence-electron chi connectivity index (χ4n) is 1.91. The first-order chi connectivity index (χ1) is 9.52. The Kier molecular flexibility index (Phi) is 4.19. The normalized spacial score (nSPS) is 13.9. The number of rotatable bonds is 5. The molecule has 1 saturated carbocycles. The lowest BCUT2D eigenvalue weighted by molar-refractivity contribution is 0.0692. The number of carbonyl (C=O) groups excluding carboxylic acids is 1. The highest BCUT2D eigenvalue weighted by atomic mass is 19.1. The summed E-state index contributed by atoms with van der Waals surface area (Å²) in [4.78, 5) is 24.3. The number of aliphatic hydroxyl groups excluding tert-OH is 1. The molecule has 0 heterocycles. The molecule has 1 aromatic rings. The van der Waals surface area contributed by atoms with Crippen molar-refractivity contribution < 1.29 is 24.2 Å². The Morgan fingerprint density at radius 2 is 2.10 bits per heavy atom. The van der Waals surface area contributed by atoms with Crippen molar-refractivity contribution >= 4 is 17.7 Å². The van der Waals surface area contributed by atoms with E-state index in [2.05, 4.69) is 5.32 Å². The summed E-state index contributed by atoms with van der Waals surface area (Å²) in [5.41, 5.74) is -0.291. The van der Waals surface area contributed by atoms with Crippen molar-refractivity contribution in [1.29, 1.82) is 0 Å². The van der Waals surface area contributed by atoms with Crippen LogP contribution in [-0.4, -0.2) is 46.3 Å². The van der Waals surface area contributed by atoms with Crippen LogP contribution in [0.2, 0.25) is 0 Å². The van der Waals surface area contributed by atoms with Crippen LogP contribution in [-0.2, 0) is 0 Å². The first kappa shape index (κ1) is 14.3. The molecule has 0 atom stereocenters. The minimum Gasteiger partial charge on any atom is -0.478 e. The quantitative estimate of drug-likeness (QED) is 0.763. The fraction of sp³-hybridized carbons (Fsp3) is 0.385. The Bertz CT molecular complexity index is 531. The van der Waals surface area contributed by atoms with Crippen LogP contribution in [0.3, 0.4) is 0 Å². The number of hydrogen-bond donors (Lipinski definition) is 3. The third kappa shape index (κ3) is 3.24. The van der Waals surface area contributed by atoms with Crippen molar-refractivity contribution in [3.8, 4) is 0 Å². The second kappa shape index (κ2) is 5.87. The van der Waals surface area contributed by atoms with Crippen molar-refractivity contribution in [3.05, 3.63) is 29.6 Å². The third-order valence-corrected chi connectivity index (χ3v) is 3.04. The predicted octanol–water partition coefficient (Wildman–Crippen LogP) is 1.51. The van der Waals surface area contributed by atoms with Gasteiger partial charge in [0.25, 0.3) is 0 Å². The molecule has 0 aromatic heterocycles. The predicted molar refractivity (Wildman–Crippen MR) is 69.2 cm³/mol. The standard InChI is InChI=1S/C13H15FN2O4/c14-11-4-1-8(7-10(11)12(18)19)15-13(20)16(5-6-17)9-2-3-9/h1,4,7,9,17H,2-3,5-6H2,(H,15,20)(H,18,19). The van der Waals surface area contributed by atoms with E-state index in [0.29, 0.717) is 0 Å². The number of aromatic carboxylic acids is 1. The van der Waals surface area contributed by atoms with Crippen molar-refractivity contribution in [1.82, 2.24) is 4.90 Å². The summed E-state index contributed by atoms with van der Waals surface area (Å²) >= 11 is 0. The van der Waals surface area contributed by atoms with Crippen molar-refractivity contribution in [2.24, 2.45) is 0 Å². The van der Waals surface area contributed by atoms with Crippen LogP contribution in [0.25, 0.3) is 0 Å². The number of nitrogens with one attached hydrogen (secondary N) is 1. The lowest BCUT2D eigenvalue weighted by Crippen LogP contribution is -2.38. The molecule has 108 valence electrons. The van der Waals surface area contributed by atoms with Gasteiger partial charge < -0.3 is 20.4 Å². The molecule has 1 aliphatic carbocycles. The van der Waals surface area contributed by atoms with Gasteiger partial charge in [0.15, 0.2) is 0 Å². The number of benzene rings is 1. The smallest absolute Gasteiger partial charge is 0.338 e. The number of aliphatic hydroxyl groups is 1. The van der Waals surface area contributed by atoms with E-state index in [1.54, 1.807) is 0 Å². The molecule has 2 amide bonds. The molecule has 7 heteroatoms. The Hall–Kier alpha value is -2.15. The lowest BCUT2D eigenvalue weighted by atomic mass is 10.2. The summed E-state index contributed by atoms with van der Waals surface area (Å²) in [6.45, 7) is 0.0667. The number of anilines is 1. The van der Waals surface area contributed by atoms with E-state index in [0.717, 1.165) is 25.0 Å². The van der Waals surface area contributed by atoms with Crippen LogP contribution in [0.15, 0.2) is 18.2 Å². The molecule has 20 heavy (non-hydrogen) atoms. The zero-order chi connectivity index (χ0) is 14.7. The third-order valence-electron chi connectivity index (χ3n) is 3.04. The minimum atomic E-state index is -1.40. The number of carboxylic acid groups (broad SMARTS) is 1. The molecule has 6 nitrogen and oxygen atoms in total. The van der Waals surface area contributed by atoms with Crippen molar-refractivity contribution in [3.63, 3.8) is 0 Å². The Labute approximate surface area is 114 Å². The van der Waals surface area contributed by atoms with E-state index in [4.69, 9.17) is 10.2 Å². The van der Waals surface area contributed by atoms with Crippen LogP contribution in [0.5, 0.6) is 0 Å². The van der Waals surface area contributed by atoms with Gasteiger partial charge in [0.1, 0.15) is 5.82 Å². The van der Waals surface area contributed by atoms with Gasteiger partial charge in [-0.1, -0.05) is 0 Å². The highest BCUT2D eigenvalue weighted by Crippen LogP contribution is 2.27. The Morgan fingerprint density at radius 3 is 2.65 bits per heavy atom. The summed E-state index contributed by atoms with van der Waals surface area (Å²) in [6.07, 6.45) is 1.77. The van der Waals surface area contributed by atoms with Crippen LogP contribution in [0.4, 0.5) is 14.9 Å². The highest BCUT2D eigenvalue weighted by Gasteiger charge is 2.32. The molecule has 0 radical (unpaired) electrons. The number of nitrogens with zero attached hydrogens (tertiary/aromatic N) is 1. The van der Waals surface area contributed by atoms with E-state index in [-0.39, 0.29) is 24.9 Å². The summed E-state index contributed by atoms with van der Waals surface area (Å²) in [6, 6.07) is 3.04. The maximum Gasteiger partial charge on any atom is 0.338 e. The molecule has 1 aromatic carbocycles. The fourth-order valence-corrected chi connectivity index (χ4v) is 1.91. The van der Waals surface area contributed by atoms with Gasteiger partial charge in [-0.15, -0.1) is 0 Å². The molecular weight excluding hydrogens is 267 g/mol. The number of hydrogen-bond acceptors (Lipinski definition) is 3. The van der Waals surface area contributed by atoms with E-state index in [1.165, 1.54) is 11.0 Å². The van der Waals surface area contributed by atoms with Crippen LogP contribution >= 0.6 is 0 Å². The number of halogens is 1. The van der Waals surface area contributed by atoms with E-state index >= 15 is 0 Å². The molecule has 1 fully saturated rings. The van der Waals surface area contributed by atoms with Crippen LogP contribution < -0.4 is 5.32 Å². The van der Waals surface area contributed by atoms with Gasteiger partial charge in [0, 0.05) is 18.3 Å². The maximum atomic E-state index is 13.2. The first-order valence-corrected chi connectivity index (χ1v) is 6.24. The lowest BCUT2D eigenvalue weighted by Gasteiger charge is -2.21. The Balaban J connectivity index is 2.10. The molecule has 0 bridgehead atoms. The van der Waals surface area contributed by atoms with Gasteiger partial charge in [-0.05, 0) is 31.0 Å². The van der Waals surface area contributed by atoms with E-state index in [1.807, 2.05) is 0 Å². The molecule has 2 rings (SSSR count). The van der Waals surface area contributed by atoms with Gasteiger partial charge in [-0.2, -0.15) is 0 Å². The van der Waals surface area contributed by atoms with Gasteiger partial charge in [0.05, 0.1) is 12.2 Å². The zero-order valence-corrected chi connectivity index (χ0v) is 10.7. The SMILES string of the molecule is O=C(O)c1cc(NC(=O)N(CCO)C2CC2)ccc1F. The summed E-state index contributed by atoms with van der Waals surface area (Å²) < 4.78 is 13.2. The second-order valence-electron chi connectivity index (χ2n) is 4.58. The monoisotopic (exact) mass is 282 g/mol. The zero-order valence-electron chi connectivity index (χ0n) is 10.7. The van der Waals surface area contributed by atoms with Gasteiger partial charge in [-0.25, -0.2) is 14.0 Å². The number of carboxylic acids is 1. The first-order valence-electron chi connectivity index (χ1n) is 6.24. The summed E-state index contributed by atoms with van der Waals surface area (Å²) in [7, 11) is 0. The molecule has 0 unspecified atom stereocenters. The maximum absolute atomic E-state index is 13.2. The molecular formula is C13H15FN2O4. The summed E-state index contributed by atoms with van der Waals surface area (Å²) in [5.74, 6) is -2.25. The Morgan fingerprint density at radius 1 is 1.40 bits per heavy atom. The van der Waals surface area contributed by atoms with Gasteiger partial charge >= 0.3 is 12.0 Å². The minimum absolute atomic E-state index is 0.113. The van der Waals surface area contributed by atoms with Crippen molar-refractivity contribution in [2.75, 3.05) is 18.5 Å². The molecule has 1 aliphatic rings. The number of amides is 2. The van der Waals surface area contributed by atoms with Crippen molar-refractivity contribution in [2.45, 2.75) is 18.9 Å². The average Bonchev–Trinajstić information content (AvgIpc) is 3.22. The number of urea groups is 1. The average molecular weight is 282 g/mol. The molecule has 3 N–H and O–H groups in total. The van der Waals surface area contributed by atoms with Crippen LogP contribution in [0.1, 0.15) is 23.2 Å². The van der Waals surface area contributed by atoms with Crippen LogP contribution in [0, 0.1) is 5.82 Å².